The standard InChI is InChI=1S/C14H27NO3/c1-14(2,3)18-13(17)9-11-6-4-5-7-15-12(8-11)10-16/h11-12,15-16H,4-10H2,1-3H3/t11?,12-/m1/s1. The van der Waals surface area contributed by atoms with Crippen LogP contribution < -0.4 is 5.32 Å². The summed E-state index contributed by atoms with van der Waals surface area (Å²) in [6.07, 6.45) is 4.63. The van der Waals surface area contributed by atoms with Crippen molar-refractivity contribution >= 4 is 5.97 Å². The molecule has 2 N–H and O–H groups in total. The molecular weight excluding hydrogens is 230 g/mol. The molecule has 2 atom stereocenters. The summed E-state index contributed by atoms with van der Waals surface area (Å²) >= 11 is 0. The van der Waals surface area contributed by atoms with Crippen molar-refractivity contribution in [3.05, 3.63) is 0 Å². The molecule has 0 amide bonds. The molecule has 1 unspecified atom stereocenters. The van der Waals surface area contributed by atoms with Crippen LogP contribution in [-0.2, 0) is 9.53 Å². The van der Waals surface area contributed by atoms with E-state index in [1.54, 1.807) is 0 Å². The number of carbonyl (C=O) groups excluding carboxylic acids is 1. The van der Waals surface area contributed by atoms with Gasteiger partial charge in [0.25, 0.3) is 0 Å². The van der Waals surface area contributed by atoms with E-state index in [-0.39, 0.29) is 18.6 Å². The summed E-state index contributed by atoms with van der Waals surface area (Å²) in [7, 11) is 0. The van der Waals surface area contributed by atoms with Gasteiger partial charge in [-0.05, 0) is 52.5 Å². The van der Waals surface area contributed by atoms with E-state index in [4.69, 9.17) is 4.74 Å². The summed E-state index contributed by atoms with van der Waals surface area (Å²) in [5.41, 5.74) is -0.409. The van der Waals surface area contributed by atoms with Crippen molar-refractivity contribution in [3.63, 3.8) is 0 Å². The number of esters is 1. The van der Waals surface area contributed by atoms with E-state index in [0.717, 1.165) is 32.2 Å². The zero-order valence-electron chi connectivity index (χ0n) is 11.9. The predicted molar refractivity (Wildman–Crippen MR) is 71.3 cm³/mol. The summed E-state index contributed by atoms with van der Waals surface area (Å²) in [4.78, 5) is 11.8. The summed E-state index contributed by atoms with van der Waals surface area (Å²) < 4.78 is 5.36. The first-order valence-corrected chi connectivity index (χ1v) is 6.97. The molecule has 0 spiro atoms. The van der Waals surface area contributed by atoms with Crippen molar-refractivity contribution in [2.75, 3.05) is 13.2 Å². The van der Waals surface area contributed by atoms with Crippen LogP contribution in [0.2, 0.25) is 0 Å². The van der Waals surface area contributed by atoms with E-state index in [1.807, 2.05) is 20.8 Å². The Morgan fingerprint density at radius 2 is 2.11 bits per heavy atom. The van der Waals surface area contributed by atoms with Crippen molar-refractivity contribution in [2.24, 2.45) is 5.92 Å². The summed E-state index contributed by atoms with van der Waals surface area (Å²) in [6, 6.07) is 0.123. The van der Waals surface area contributed by atoms with Gasteiger partial charge in [0.1, 0.15) is 5.60 Å². The number of carbonyl (C=O) groups is 1. The molecule has 0 aromatic carbocycles. The highest BCUT2D eigenvalue weighted by Gasteiger charge is 2.23. The van der Waals surface area contributed by atoms with Gasteiger partial charge in [0.05, 0.1) is 6.61 Å². The molecule has 1 rings (SSSR count). The van der Waals surface area contributed by atoms with Crippen molar-refractivity contribution < 1.29 is 14.6 Å². The molecule has 4 nitrogen and oxygen atoms in total. The highest BCUT2D eigenvalue weighted by Crippen LogP contribution is 2.22. The molecule has 1 heterocycles. The van der Waals surface area contributed by atoms with Crippen molar-refractivity contribution in [1.82, 2.24) is 5.32 Å². The van der Waals surface area contributed by atoms with Crippen molar-refractivity contribution in [1.29, 1.82) is 0 Å². The van der Waals surface area contributed by atoms with Gasteiger partial charge < -0.3 is 15.2 Å². The number of ether oxygens (including phenoxy) is 1. The van der Waals surface area contributed by atoms with Gasteiger partial charge in [0, 0.05) is 12.5 Å². The monoisotopic (exact) mass is 257 g/mol. The van der Waals surface area contributed by atoms with Crippen molar-refractivity contribution in [3.8, 4) is 0 Å². The topological polar surface area (TPSA) is 58.6 Å². The Bertz CT molecular complexity index is 260. The van der Waals surface area contributed by atoms with Crippen LogP contribution in [0.25, 0.3) is 0 Å². The van der Waals surface area contributed by atoms with E-state index in [0.29, 0.717) is 12.3 Å². The van der Waals surface area contributed by atoms with E-state index < -0.39 is 5.60 Å². The Hall–Kier alpha value is -0.610. The number of aliphatic hydroxyl groups excluding tert-OH is 1. The molecule has 0 aromatic heterocycles. The lowest BCUT2D eigenvalue weighted by molar-refractivity contribution is -0.156. The smallest absolute Gasteiger partial charge is 0.306 e. The SMILES string of the molecule is CC(C)(C)OC(=O)CC1CCCCN[C@@H](CO)C1. The van der Waals surface area contributed by atoms with Crippen LogP contribution in [0.3, 0.4) is 0 Å². The molecule has 0 bridgehead atoms. The first kappa shape index (κ1) is 15.4. The van der Waals surface area contributed by atoms with E-state index >= 15 is 0 Å². The zero-order chi connectivity index (χ0) is 13.6. The third-order valence-corrected chi connectivity index (χ3v) is 3.19. The normalized spacial score (nSPS) is 26.2. The first-order valence-electron chi connectivity index (χ1n) is 6.97. The molecular formula is C14H27NO3. The van der Waals surface area contributed by atoms with Crippen molar-refractivity contribution in [2.45, 2.75) is 64.5 Å². The van der Waals surface area contributed by atoms with Gasteiger partial charge >= 0.3 is 5.97 Å². The lowest BCUT2D eigenvalue weighted by atomic mass is 9.90. The Morgan fingerprint density at radius 1 is 1.39 bits per heavy atom. The van der Waals surface area contributed by atoms with Gasteiger partial charge in [0.2, 0.25) is 0 Å². The second kappa shape index (κ2) is 7.10. The van der Waals surface area contributed by atoms with Gasteiger partial charge in [0.15, 0.2) is 0 Å². The van der Waals surface area contributed by atoms with Gasteiger partial charge in [-0.1, -0.05) is 6.42 Å². The van der Waals surface area contributed by atoms with Crippen LogP contribution in [0.4, 0.5) is 0 Å². The molecule has 18 heavy (non-hydrogen) atoms. The molecule has 1 aliphatic rings. The molecule has 0 aromatic rings. The van der Waals surface area contributed by atoms with Crippen LogP contribution in [0.1, 0.15) is 52.9 Å². The Morgan fingerprint density at radius 3 is 2.72 bits per heavy atom. The molecule has 0 saturated carbocycles. The maximum atomic E-state index is 11.8. The maximum absolute atomic E-state index is 11.8. The third-order valence-electron chi connectivity index (χ3n) is 3.19. The van der Waals surface area contributed by atoms with Crippen LogP contribution in [0.5, 0.6) is 0 Å². The summed E-state index contributed by atoms with van der Waals surface area (Å²) in [5.74, 6) is 0.203. The first-order chi connectivity index (χ1) is 8.40. The minimum atomic E-state index is -0.409. The maximum Gasteiger partial charge on any atom is 0.306 e. The Balaban J connectivity index is 2.44. The van der Waals surface area contributed by atoms with Crippen LogP contribution in [-0.4, -0.2) is 35.9 Å². The highest BCUT2D eigenvalue weighted by atomic mass is 16.6. The molecule has 1 fully saturated rings. The van der Waals surface area contributed by atoms with E-state index in [2.05, 4.69) is 5.32 Å². The summed E-state index contributed by atoms with van der Waals surface area (Å²) in [5, 5.41) is 12.6. The fourth-order valence-corrected chi connectivity index (χ4v) is 2.41. The average Bonchev–Trinajstić information content (AvgIpc) is 2.19. The number of rotatable bonds is 3. The van der Waals surface area contributed by atoms with E-state index in [9.17, 15) is 9.90 Å². The van der Waals surface area contributed by atoms with E-state index in [1.165, 1.54) is 0 Å². The molecule has 1 saturated heterocycles. The van der Waals surface area contributed by atoms with Crippen LogP contribution in [0, 0.1) is 5.92 Å². The second-order valence-electron chi connectivity index (χ2n) is 6.22. The molecule has 1 aliphatic heterocycles. The number of nitrogens with one attached hydrogen (secondary N) is 1. The van der Waals surface area contributed by atoms with Gasteiger partial charge in [-0.3, -0.25) is 4.79 Å². The molecule has 106 valence electrons. The fourth-order valence-electron chi connectivity index (χ4n) is 2.41. The second-order valence-corrected chi connectivity index (χ2v) is 6.22. The lowest BCUT2D eigenvalue weighted by Crippen LogP contribution is -2.37. The fraction of sp³-hybridized carbons (Fsp3) is 0.929. The Labute approximate surface area is 110 Å². The molecule has 4 heteroatoms. The van der Waals surface area contributed by atoms with Crippen LogP contribution in [0.15, 0.2) is 0 Å². The highest BCUT2D eigenvalue weighted by molar-refractivity contribution is 5.70. The molecule has 0 aliphatic carbocycles. The average molecular weight is 257 g/mol. The number of aliphatic hydroxyl groups is 1. The molecule has 0 radical (unpaired) electrons. The summed E-state index contributed by atoms with van der Waals surface area (Å²) in [6.45, 7) is 6.78. The quantitative estimate of drug-likeness (QED) is 0.758. The lowest BCUT2D eigenvalue weighted by Gasteiger charge is -2.27. The zero-order valence-corrected chi connectivity index (χ0v) is 11.9. The third kappa shape index (κ3) is 6.36. The number of hydrogen-bond donors (Lipinski definition) is 2. The predicted octanol–water partition coefficient (Wildman–Crippen LogP) is 1.86. The minimum absolute atomic E-state index is 0.121. The van der Waals surface area contributed by atoms with Crippen LogP contribution >= 0.6 is 0 Å². The largest absolute Gasteiger partial charge is 0.460 e. The number of hydrogen-bond acceptors (Lipinski definition) is 4. The Kier molecular flexibility index (Phi) is 6.09. The van der Waals surface area contributed by atoms with Gasteiger partial charge in [-0.25, -0.2) is 0 Å². The minimum Gasteiger partial charge on any atom is -0.460 e. The van der Waals surface area contributed by atoms with Gasteiger partial charge in [-0.2, -0.15) is 0 Å². The van der Waals surface area contributed by atoms with Gasteiger partial charge in [-0.15, -0.1) is 0 Å².